The van der Waals surface area contributed by atoms with Crippen molar-refractivity contribution < 1.29 is 4.74 Å². The monoisotopic (exact) mass is 270 g/mol. The summed E-state index contributed by atoms with van der Waals surface area (Å²) < 4.78 is 5.82. The van der Waals surface area contributed by atoms with Crippen LogP contribution in [0.25, 0.3) is 0 Å². The number of nitrogens with zero attached hydrogens (tertiary/aromatic N) is 1. The molecule has 3 nitrogen and oxygen atoms in total. The highest BCUT2D eigenvalue weighted by Crippen LogP contribution is 2.23. The van der Waals surface area contributed by atoms with Crippen molar-refractivity contribution in [2.45, 2.75) is 34.2 Å². The summed E-state index contributed by atoms with van der Waals surface area (Å²) in [6.45, 7) is 10.1. The maximum Gasteiger partial charge on any atom is 0.219 e. The van der Waals surface area contributed by atoms with Gasteiger partial charge in [0, 0.05) is 18.3 Å². The third kappa shape index (κ3) is 3.58. The van der Waals surface area contributed by atoms with Crippen LogP contribution in [0, 0.1) is 20.8 Å². The molecule has 0 saturated carbocycles. The lowest BCUT2D eigenvalue weighted by molar-refractivity contribution is 0.460. The van der Waals surface area contributed by atoms with E-state index in [1.54, 1.807) is 0 Å². The molecule has 0 unspecified atom stereocenters. The van der Waals surface area contributed by atoms with Crippen LogP contribution in [0.2, 0.25) is 0 Å². The number of rotatable bonds is 5. The molecule has 1 aromatic heterocycles. The summed E-state index contributed by atoms with van der Waals surface area (Å²) in [5.74, 6) is 1.48. The zero-order valence-corrected chi connectivity index (χ0v) is 12.7. The molecule has 0 aliphatic carbocycles. The first-order chi connectivity index (χ1) is 9.60. The van der Waals surface area contributed by atoms with E-state index in [1.807, 2.05) is 25.1 Å². The number of pyridine rings is 1. The lowest BCUT2D eigenvalue weighted by atomic mass is 10.1. The average molecular weight is 270 g/mol. The van der Waals surface area contributed by atoms with E-state index in [4.69, 9.17) is 4.74 Å². The molecule has 0 amide bonds. The van der Waals surface area contributed by atoms with Crippen molar-refractivity contribution in [1.29, 1.82) is 0 Å². The maximum absolute atomic E-state index is 5.82. The Morgan fingerprint density at radius 2 is 1.85 bits per heavy atom. The molecule has 0 radical (unpaired) electrons. The summed E-state index contributed by atoms with van der Waals surface area (Å²) >= 11 is 0. The fourth-order valence-electron chi connectivity index (χ4n) is 1.97. The standard InChI is InChI=1S/C17H22N2O/c1-5-18-11-15-7-9-17(19-14(15)4)20-16-8-6-12(2)13(3)10-16/h6-10,18H,5,11H2,1-4H3. The molecule has 1 N–H and O–H groups in total. The molecule has 0 saturated heterocycles. The van der Waals surface area contributed by atoms with Gasteiger partial charge in [-0.2, -0.15) is 0 Å². The molecular weight excluding hydrogens is 248 g/mol. The van der Waals surface area contributed by atoms with E-state index in [1.165, 1.54) is 16.7 Å². The summed E-state index contributed by atoms with van der Waals surface area (Å²) in [5, 5.41) is 3.31. The Morgan fingerprint density at radius 3 is 2.50 bits per heavy atom. The van der Waals surface area contributed by atoms with Gasteiger partial charge >= 0.3 is 0 Å². The number of ether oxygens (including phenoxy) is 1. The lowest BCUT2D eigenvalue weighted by Crippen LogP contribution is -2.13. The second-order valence-corrected chi connectivity index (χ2v) is 5.02. The van der Waals surface area contributed by atoms with Crippen LogP contribution < -0.4 is 10.1 Å². The van der Waals surface area contributed by atoms with Crippen molar-refractivity contribution in [3.63, 3.8) is 0 Å². The largest absolute Gasteiger partial charge is 0.439 e. The van der Waals surface area contributed by atoms with Crippen molar-refractivity contribution in [2.75, 3.05) is 6.54 Å². The highest BCUT2D eigenvalue weighted by atomic mass is 16.5. The van der Waals surface area contributed by atoms with E-state index in [0.29, 0.717) is 5.88 Å². The summed E-state index contributed by atoms with van der Waals surface area (Å²) in [4.78, 5) is 4.51. The third-order valence-electron chi connectivity index (χ3n) is 3.44. The molecule has 106 valence electrons. The van der Waals surface area contributed by atoms with Crippen LogP contribution in [0.4, 0.5) is 0 Å². The van der Waals surface area contributed by atoms with Crippen LogP contribution in [0.1, 0.15) is 29.3 Å². The van der Waals surface area contributed by atoms with Crippen LogP contribution in [-0.2, 0) is 6.54 Å². The van der Waals surface area contributed by atoms with Crippen molar-refractivity contribution in [3.05, 3.63) is 52.7 Å². The van der Waals surface area contributed by atoms with E-state index in [0.717, 1.165) is 24.5 Å². The van der Waals surface area contributed by atoms with E-state index in [2.05, 4.69) is 43.2 Å². The zero-order chi connectivity index (χ0) is 14.5. The van der Waals surface area contributed by atoms with E-state index in [-0.39, 0.29) is 0 Å². The molecule has 0 atom stereocenters. The number of hydrogen-bond donors (Lipinski definition) is 1. The van der Waals surface area contributed by atoms with E-state index < -0.39 is 0 Å². The van der Waals surface area contributed by atoms with Crippen LogP contribution in [-0.4, -0.2) is 11.5 Å². The molecule has 2 rings (SSSR count). The Bertz CT molecular complexity index is 594. The fourth-order valence-corrected chi connectivity index (χ4v) is 1.97. The Morgan fingerprint density at radius 1 is 1.05 bits per heavy atom. The summed E-state index contributed by atoms with van der Waals surface area (Å²) in [7, 11) is 0. The predicted octanol–water partition coefficient (Wildman–Crippen LogP) is 3.91. The molecule has 0 aliphatic rings. The average Bonchev–Trinajstić information content (AvgIpc) is 2.42. The molecule has 0 aliphatic heterocycles. The van der Waals surface area contributed by atoms with Gasteiger partial charge in [0.25, 0.3) is 0 Å². The van der Waals surface area contributed by atoms with Gasteiger partial charge in [-0.05, 0) is 56.1 Å². The number of nitrogens with one attached hydrogen (secondary N) is 1. The Kier molecular flexibility index (Phi) is 4.74. The lowest BCUT2D eigenvalue weighted by Gasteiger charge is -2.10. The molecule has 3 heteroatoms. The Balaban J connectivity index is 2.13. The van der Waals surface area contributed by atoms with Gasteiger partial charge in [-0.15, -0.1) is 0 Å². The van der Waals surface area contributed by atoms with Gasteiger partial charge in [0.1, 0.15) is 5.75 Å². The number of benzene rings is 1. The molecular formula is C17H22N2O. The van der Waals surface area contributed by atoms with Crippen LogP contribution >= 0.6 is 0 Å². The van der Waals surface area contributed by atoms with Gasteiger partial charge < -0.3 is 10.1 Å². The van der Waals surface area contributed by atoms with E-state index >= 15 is 0 Å². The first kappa shape index (κ1) is 14.5. The van der Waals surface area contributed by atoms with Crippen molar-refractivity contribution in [3.8, 4) is 11.6 Å². The third-order valence-corrected chi connectivity index (χ3v) is 3.44. The van der Waals surface area contributed by atoms with Gasteiger partial charge in [0.2, 0.25) is 5.88 Å². The number of aromatic nitrogens is 1. The molecule has 2 aromatic rings. The molecule has 20 heavy (non-hydrogen) atoms. The van der Waals surface area contributed by atoms with Crippen molar-refractivity contribution in [1.82, 2.24) is 10.3 Å². The van der Waals surface area contributed by atoms with Crippen molar-refractivity contribution in [2.24, 2.45) is 0 Å². The molecule has 1 heterocycles. The van der Waals surface area contributed by atoms with Crippen LogP contribution in [0.5, 0.6) is 11.6 Å². The normalized spacial score (nSPS) is 10.6. The fraction of sp³-hybridized carbons (Fsp3) is 0.353. The second kappa shape index (κ2) is 6.53. The minimum Gasteiger partial charge on any atom is -0.439 e. The summed E-state index contributed by atoms with van der Waals surface area (Å²) in [5.41, 5.74) is 4.71. The number of hydrogen-bond acceptors (Lipinski definition) is 3. The van der Waals surface area contributed by atoms with Crippen molar-refractivity contribution >= 4 is 0 Å². The Labute approximate surface area is 121 Å². The highest BCUT2D eigenvalue weighted by molar-refractivity contribution is 5.36. The second-order valence-electron chi connectivity index (χ2n) is 5.02. The number of aryl methyl sites for hydroxylation is 3. The predicted molar refractivity (Wildman–Crippen MR) is 82.3 cm³/mol. The minimum atomic E-state index is 0.644. The highest BCUT2D eigenvalue weighted by Gasteiger charge is 2.04. The first-order valence-corrected chi connectivity index (χ1v) is 7.02. The van der Waals surface area contributed by atoms with Gasteiger partial charge in [0.05, 0.1) is 0 Å². The summed E-state index contributed by atoms with van der Waals surface area (Å²) in [6.07, 6.45) is 0. The quantitative estimate of drug-likeness (QED) is 0.894. The van der Waals surface area contributed by atoms with Gasteiger partial charge in [-0.25, -0.2) is 4.98 Å². The topological polar surface area (TPSA) is 34.1 Å². The van der Waals surface area contributed by atoms with Gasteiger partial charge in [-0.3, -0.25) is 0 Å². The maximum atomic E-state index is 5.82. The summed E-state index contributed by atoms with van der Waals surface area (Å²) in [6, 6.07) is 10.1. The molecule has 0 bridgehead atoms. The smallest absolute Gasteiger partial charge is 0.219 e. The SMILES string of the molecule is CCNCc1ccc(Oc2ccc(C)c(C)c2)nc1C. The molecule has 0 fully saturated rings. The zero-order valence-electron chi connectivity index (χ0n) is 12.7. The van der Waals surface area contributed by atoms with Crippen LogP contribution in [0.3, 0.4) is 0 Å². The van der Waals surface area contributed by atoms with Crippen LogP contribution in [0.15, 0.2) is 30.3 Å². The molecule has 1 aromatic carbocycles. The first-order valence-electron chi connectivity index (χ1n) is 7.02. The Hall–Kier alpha value is -1.87. The van der Waals surface area contributed by atoms with E-state index in [9.17, 15) is 0 Å². The minimum absolute atomic E-state index is 0.644. The van der Waals surface area contributed by atoms with Gasteiger partial charge in [-0.1, -0.05) is 19.1 Å². The molecule has 0 spiro atoms. The van der Waals surface area contributed by atoms with Gasteiger partial charge in [0.15, 0.2) is 0 Å².